The summed E-state index contributed by atoms with van der Waals surface area (Å²) in [6.45, 7) is 0. The van der Waals surface area contributed by atoms with E-state index < -0.39 is 0 Å². The molecule has 0 spiro atoms. The zero-order valence-corrected chi connectivity index (χ0v) is 11.0. The van der Waals surface area contributed by atoms with E-state index in [2.05, 4.69) is 10.1 Å². The average Bonchev–Trinajstić information content (AvgIpc) is 2.46. The fourth-order valence-corrected chi connectivity index (χ4v) is 2.54. The molecule has 2 unspecified atom stereocenters. The summed E-state index contributed by atoms with van der Waals surface area (Å²) in [7, 11) is 1.91. The Balaban J connectivity index is 2.21. The van der Waals surface area contributed by atoms with E-state index in [1.54, 1.807) is 18.3 Å². The van der Waals surface area contributed by atoms with Gasteiger partial charge in [-0.15, -0.1) is 0 Å². The largest absolute Gasteiger partial charge is 0.409 e. The van der Waals surface area contributed by atoms with Crippen molar-refractivity contribution in [1.82, 2.24) is 4.98 Å². The van der Waals surface area contributed by atoms with Crippen LogP contribution in [0, 0.1) is 0 Å². The Labute approximate surface area is 112 Å². The second-order valence-corrected chi connectivity index (χ2v) is 4.92. The van der Waals surface area contributed by atoms with Gasteiger partial charge in [-0.05, 0) is 25.0 Å². The molecule has 1 aliphatic rings. The summed E-state index contributed by atoms with van der Waals surface area (Å²) in [6, 6.07) is 3.52. The summed E-state index contributed by atoms with van der Waals surface area (Å²) in [5.74, 6) is 0.774. The zero-order valence-electron chi connectivity index (χ0n) is 11.0. The summed E-state index contributed by atoms with van der Waals surface area (Å²) in [4.78, 5) is 6.26. The van der Waals surface area contributed by atoms with Crippen LogP contribution in [0.3, 0.4) is 0 Å². The standard InChI is InChI=1S/C13H20N4O2/c1-17(10-4-2-3-5-11(10)18)12-8-9(6-7-15-12)13(14)16-19/h6-8,10-11,18-19H,2-5H2,1H3,(H2,14,16). The van der Waals surface area contributed by atoms with Gasteiger partial charge in [-0.1, -0.05) is 18.0 Å². The van der Waals surface area contributed by atoms with E-state index in [4.69, 9.17) is 10.9 Å². The van der Waals surface area contributed by atoms with Crippen LogP contribution in [0.1, 0.15) is 31.2 Å². The molecule has 0 saturated heterocycles. The minimum absolute atomic E-state index is 0.0567. The van der Waals surface area contributed by atoms with E-state index in [0.29, 0.717) is 5.56 Å². The number of nitrogens with zero attached hydrogens (tertiary/aromatic N) is 3. The molecule has 0 aliphatic heterocycles. The van der Waals surface area contributed by atoms with Crippen LogP contribution < -0.4 is 10.6 Å². The molecular weight excluding hydrogens is 244 g/mol. The maximum Gasteiger partial charge on any atom is 0.170 e. The second kappa shape index (κ2) is 5.88. The van der Waals surface area contributed by atoms with Crippen LogP contribution in [-0.4, -0.2) is 40.3 Å². The minimum atomic E-state index is -0.326. The molecule has 0 aromatic carbocycles. The van der Waals surface area contributed by atoms with Crippen molar-refractivity contribution in [3.05, 3.63) is 23.9 Å². The Morgan fingerprint density at radius 3 is 2.89 bits per heavy atom. The molecule has 2 rings (SSSR count). The van der Waals surface area contributed by atoms with Gasteiger partial charge in [-0.3, -0.25) is 0 Å². The Morgan fingerprint density at radius 2 is 2.21 bits per heavy atom. The van der Waals surface area contributed by atoms with Gasteiger partial charge in [0.05, 0.1) is 12.1 Å². The molecule has 1 aromatic rings. The molecule has 6 heteroatoms. The van der Waals surface area contributed by atoms with Gasteiger partial charge in [-0.2, -0.15) is 0 Å². The number of pyridine rings is 1. The van der Waals surface area contributed by atoms with E-state index in [1.165, 1.54) is 0 Å². The third-order valence-electron chi connectivity index (χ3n) is 3.70. The molecule has 6 nitrogen and oxygen atoms in total. The van der Waals surface area contributed by atoms with Crippen molar-refractivity contribution in [3.63, 3.8) is 0 Å². The predicted octanol–water partition coefficient (Wildman–Crippen LogP) is 0.916. The SMILES string of the molecule is CN(c1cc(/C(N)=N/O)ccn1)C1CCCCC1O. The van der Waals surface area contributed by atoms with Crippen LogP contribution in [0.4, 0.5) is 5.82 Å². The molecule has 1 aromatic heterocycles. The van der Waals surface area contributed by atoms with Gasteiger partial charge in [0.15, 0.2) is 5.84 Å². The third-order valence-corrected chi connectivity index (χ3v) is 3.70. The van der Waals surface area contributed by atoms with Crippen LogP contribution >= 0.6 is 0 Å². The molecule has 0 amide bonds. The minimum Gasteiger partial charge on any atom is -0.409 e. The number of hydrogen-bond acceptors (Lipinski definition) is 5. The van der Waals surface area contributed by atoms with Gasteiger partial charge in [0.2, 0.25) is 0 Å². The first-order valence-electron chi connectivity index (χ1n) is 6.48. The molecule has 1 saturated carbocycles. The molecule has 1 aliphatic carbocycles. The monoisotopic (exact) mass is 264 g/mol. The predicted molar refractivity (Wildman–Crippen MR) is 73.4 cm³/mol. The molecule has 4 N–H and O–H groups in total. The molecular formula is C13H20N4O2. The highest BCUT2D eigenvalue weighted by Crippen LogP contribution is 2.25. The fourth-order valence-electron chi connectivity index (χ4n) is 2.54. The lowest BCUT2D eigenvalue weighted by atomic mass is 9.91. The fraction of sp³-hybridized carbons (Fsp3) is 0.538. The van der Waals surface area contributed by atoms with Crippen molar-refractivity contribution in [2.45, 2.75) is 37.8 Å². The molecule has 1 heterocycles. The number of rotatable bonds is 3. The topological polar surface area (TPSA) is 95.0 Å². The lowest BCUT2D eigenvalue weighted by Gasteiger charge is -2.36. The van der Waals surface area contributed by atoms with E-state index >= 15 is 0 Å². The highest BCUT2D eigenvalue weighted by atomic mass is 16.4. The average molecular weight is 264 g/mol. The van der Waals surface area contributed by atoms with E-state index in [0.717, 1.165) is 31.5 Å². The van der Waals surface area contributed by atoms with Crippen molar-refractivity contribution in [2.24, 2.45) is 10.9 Å². The molecule has 1 fully saturated rings. The molecule has 0 radical (unpaired) electrons. The number of amidine groups is 1. The third kappa shape index (κ3) is 2.96. The number of aliphatic hydroxyl groups excluding tert-OH is 1. The van der Waals surface area contributed by atoms with Crippen LogP contribution in [0.15, 0.2) is 23.5 Å². The Morgan fingerprint density at radius 1 is 1.47 bits per heavy atom. The Kier molecular flexibility index (Phi) is 4.21. The number of aromatic nitrogens is 1. The van der Waals surface area contributed by atoms with E-state index in [1.807, 2.05) is 11.9 Å². The smallest absolute Gasteiger partial charge is 0.170 e. The summed E-state index contributed by atoms with van der Waals surface area (Å²) < 4.78 is 0. The highest BCUT2D eigenvalue weighted by Gasteiger charge is 2.27. The molecule has 104 valence electrons. The van der Waals surface area contributed by atoms with Gasteiger partial charge < -0.3 is 20.9 Å². The van der Waals surface area contributed by atoms with Gasteiger partial charge in [0, 0.05) is 18.8 Å². The Bertz CT molecular complexity index is 464. The highest BCUT2D eigenvalue weighted by molar-refractivity contribution is 5.97. The number of aliphatic hydroxyl groups is 1. The van der Waals surface area contributed by atoms with Crippen LogP contribution in [0.2, 0.25) is 0 Å². The summed E-state index contributed by atoms with van der Waals surface area (Å²) in [6.07, 6.45) is 5.26. The van der Waals surface area contributed by atoms with Gasteiger partial charge in [0.25, 0.3) is 0 Å². The number of likely N-dealkylation sites (N-methyl/N-ethyl adjacent to an activating group) is 1. The number of nitrogens with two attached hydrogens (primary N) is 1. The summed E-state index contributed by atoms with van der Waals surface area (Å²) >= 11 is 0. The number of oxime groups is 1. The van der Waals surface area contributed by atoms with Crippen LogP contribution in [0.25, 0.3) is 0 Å². The maximum atomic E-state index is 10.1. The molecule has 0 bridgehead atoms. The zero-order chi connectivity index (χ0) is 13.8. The quantitative estimate of drug-likeness (QED) is 0.326. The van der Waals surface area contributed by atoms with Crippen molar-refractivity contribution in [3.8, 4) is 0 Å². The number of hydrogen-bond donors (Lipinski definition) is 3. The lowest BCUT2D eigenvalue weighted by Crippen LogP contribution is -2.43. The summed E-state index contributed by atoms with van der Waals surface area (Å²) in [5, 5.41) is 21.8. The first-order chi connectivity index (χ1) is 9.13. The van der Waals surface area contributed by atoms with Gasteiger partial charge in [-0.25, -0.2) is 4.98 Å². The van der Waals surface area contributed by atoms with E-state index in [-0.39, 0.29) is 18.0 Å². The maximum absolute atomic E-state index is 10.1. The van der Waals surface area contributed by atoms with Crippen LogP contribution in [-0.2, 0) is 0 Å². The first-order valence-corrected chi connectivity index (χ1v) is 6.48. The second-order valence-electron chi connectivity index (χ2n) is 4.92. The van der Waals surface area contributed by atoms with E-state index in [9.17, 15) is 5.11 Å². The Hall–Kier alpha value is -1.82. The van der Waals surface area contributed by atoms with Crippen molar-refractivity contribution in [2.75, 3.05) is 11.9 Å². The van der Waals surface area contributed by atoms with Gasteiger partial charge in [0.1, 0.15) is 5.82 Å². The first kappa shape index (κ1) is 13.6. The van der Waals surface area contributed by atoms with Gasteiger partial charge >= 0.3 is 0 Å². The lowest BCUT2D eigenvalue weighted by molar-refractivity contribution is 0.106. The van der Waals surface area contributed by atoms with Crippen molar-refractivity contribution < 1.29 is 10.3 Å². The van der Waals surface area contributed by atoms with Crippen molar-refractivity contribution in [1.29, 1.82) is 0 Å². The van der Waals surface area contributed by atoms with Crippen molar-refractivity contribution >= 4 is 11.7 Å². The summed E-state index contributed by atoms with van der Waals surface area (Å²) in [5.41, 5.74) is 6.19. The number of anilines is 1. The normalized spacial score (nSPS) is 24.2. The molecule has 19 heavy (non-hydrogen) atoms. The van der Waals surface area contributed by atoms with Crippen LogP contribution in [0.5, 0.6) is 0 Å². The molecule has 2 atom stereocenters.